The van der Waals surface area contributed by atoms with Crippen molar-refractivity contribution in [2.75, 3.05) is 13.7 Å². The van der Waals surface area contributed by atoms with E-state index >= 15 is 0 Å². The summed E-state index contributed by atoms with van der Waals surface area (Å²) in [4.78, 5) is 13.3. The summed E-state index contributed by atoms with van der Waals surface area (Å²) in [7, 11) is 1.65. The number of ether oxygens (including phenoxy) is 2. The molecule has 1 fully saturated rings. The molecule has 1 unspecified atom stereocenters. The van der Waals surface area contributed by atoms with Crippen molar-refractivity contribution in [1.29, 1.82) is 0 Å². The Bertz CT molecular complexity index is 955. The molecule has 0 saturated carbocycles. The third kappa shape index (κ3) is 4.68. The molecule has 32 heavy (non-hydrogen) atoms. The van der Waals surface area contributed by atoms with Crippen molar-refractivity contribution in [3.63, 3.8) is 0 Å². The molecule has 2 aromatic carbocycles. The van der Waals surface area contributed by atoms with Gasteiger partial charge in [-0.2, -0.15) is 0 Å². The molecule has 1 amide bonds. The van der Waals surface area contributed by atoms with Gasteiger partial charge in [0.1, 0.15) is 0 Å². The lowest BCUT2D eigenvalue weighted by Crippen LogP contribution is -2.44. The van der Waals surface area contributed by atoms with Crippen LogP contribution >= 0.6 is 0 Å². The van der Waals surface area contributed by atoms with Gasteiger partial charge in [-0.1, -0.05) is 48.6 Å². The molecule has 2 aliphatic rings. The molecule has 2 aromatic rings. The van der Waals surface area contributed by atoms with Crippen LogP contribution in [0.25, 0.3) is 0 Å². The average Bonchev–Trinajstić information content (AvgIpc) is 2.98. The number of hydrogen-bond donors (Lipinski definition) is 1. The minimum absolute atomic E-state index is 0.121. The van der Waals surface area contributed by atoms with Gasteiger partial charge in [0.25, 0.3) is 0 Å². The first-order chi connectivity index (χ1) is 15.5. The van der Waals surface area contributed by atoms with Crippen LogP contribution in [0.3, 0.4) is 0 Å². The Labute approximate surface area is 191 Å². The van der Waals surface area contributed by atoms with Gasteiger partial charge in [0.2, 0.25) is 5.91 Å². The number of hydrazine groups is 1. The van der Waals surface area contributed by atoms with Gasteiger partial charge >= 0.3 is 0 Å². The number of methoxy groups -OCH3 is 1. The zero-order valence-corrected chi connectivity index (χ0v) is 19.3. The van der Waals surface area contributed by atoms with E-state index in [-0.39, 0.29) is 18.0 Å². The van der Waals surface area contributed by atoms with Crippen LogP contribution in [0.2, 0.25) is 0 Å². The first-order valence-electron chi connectivity index (χ1n) is 11.6. The molecule has 1 heterocycles. The predicted octanol–water partition coefficient (Wildman–Crippen LogP) is 5.23. The summed E-state index contributed by atoms with van der Waals surface area (Å²) < 4.78 is 11.7. The number of rotatable bonds is 7. The lowest BCUT2D eigenvalue weighted by atomic mass is 9.81. The van der Waals surface area contributed by atoms with E-state index < -0.39 is 5.41 Å². The number of hydrogen-bond acceptors (Lipinski definition) is 4. The van der Waals surface area contributed by atoms with Crippen LogP contribution in [0, 0.1) is 5.41 Å². The smallest absolute Gasteiger partial charge is 0.244 e. The van der Waals surface area contributed by atoms with E-state index in [0.717, 1.165) is 37.7 Å². The van der Waals surface area contributed by atoms with Crippen molar-refractivity contribution < 1.29 is 14.3 Å². The third-order valence-electron chi connectivity index (χ3n) is 6.62. The SMILES string of the molecule is COc1ccc(C2NN([C@H]3CC=CCCC3)C(=O)C2(C)C)cc1OCCc1ccccc1. The molecular formula is C27H34N2O3. The summed E-state index contributed by atoms with van der Waals surface area (Å²) >= 11 is 0. The fourth-order valence-electron chi connectivity index (χ4n) is 4.66. The molecule has 5 heteroatoms. The van der Waals surface area contributed by atoms with Gasteiger partial charge in [-0.15, -0.1) is 0 Å². The van der Waals surface area contributed by atoms with Crippen LogP contribution in [0.4, 0.5) is 0 Å². The standard InChI is InChI=1S/C27H34N2O3/c1-27(2)25(28-29(26(27)30)22-13-9-4-5-10-14-22)21-15-16-23(31-3)24(19-21)32-18-17-20-11-7-6-8-12-20/h4,6-9,11-12,15-16,19,22,25,28H,5,10,13-14,17-18H2,1-3H3/t22-,25?/m0/s1. The maximum atomic E-state index is 13.3. The fourth-order valence-corrected chi connectivity index (χ4v) is 4.66. The molecule has 0 radical (unpaired) electrons. The first kappa shape index (κ1) is 22.4. The Hall–Kier alpha value is -2.79. The average molecular weight is 435 g/mol. The van der Waals surface area contributed by atoms with Crippen LogP contribution in [0.5, 0.6) is 11.5 Å². The number of benzene rings is 2. The highest BCUT2D eigenvalue weighted by Crippen LogP contribution is 2.43. The number of allylic oxidation sites excluding steroid dienone is 1. The topological polar surface area (TPSA) is 50.8 Å². The lowest BCUT2D eigenvalue weighted by Gasteiger charge is -2.27. The molecule has 1 N–H and O–H groups in total. The maximum absolute atomic E-state index is 13.3. The number of nitrogens with one attached hydrogen (secondary N) is 1. The fraction of sp³-hybridized carbons (Fsp3) is 0.444. The molecule has 1 aliphatic carbocycles. The summed E-state index contributed by atoms with van der Waals surface area (Å²) in [5.74, 6) is 1.57. The molecule has 1 saturated heterocycles. The number of carbonyl (C=O) groups is 1. The highest BCUT2D eigenvalue weighted by Gasteiger charge is 2.49. The molecule has 5 nitrogen and oxygen atoms in total. The molecule has 2 atom stereocenters. The van der Waals surface area contributed by atoms with Gasteiger partial charge < -0.3 is 9.47 Å². The minimum Gasteiger partial charge on any atom is -0.493 e. The summed E-state index contributed by atoms with van der Waals surface area (Å²) in [5, 5.41) is 1.89. The summed E-state index contributed by atoms with van der Waals surface area (Å²) in [6.45, 7) is 4.62. The third-order valence-corrected chi connectivity index (χ3v) is 6.62. The van der Waals surface area contributed by atoms with Crippen LogP contribution in [-0.4, -0.2) is 30.7 Å². The van der Waals surface area contributed by atoms with E-state index in [1.54, 1.807) is 7.11 Å². The summed E-state index contributed by atoms with van der Waals surface area (Å²) in [5.41, 5.74) is 5.26. The summed E-state index contributed by atoms with van der Waals surface area (Å²) in [6, 6.07) is 16.4. The normalized spacial score (nSPS) is 22.6. The predicted molar refractivity (Wildman–Crippen MR) is 127 cm³/mol. The van der Waals surface area contributed by atoms with Gasteiger partial charge in [-0.3, -0.25) is 9.80 Å². The van der Waals surface area contributed by atoms with E-state index in [1.807, 2.05) is 55.3 Å². The van der Waals surface area contributed by atoms with Crippen LogP contribution in [-0.2, 0) is 11.2 Å². The van der Waals surface area contributed by atoms with E-state index in [2.05, 4.69) is 29.7 Å². The molecule has 1 aliphatic heterocycles. The lowest BCUT2D eigenvalue weighted by molar-refractivity contribution is -0.138. The Morgan fingerprint density at radius 2 is 1.91 bits per heavy atom. The van der Waals surface area contributed by atoms with Crippen LogP contribution in [0.1, 0.15) is 56.7 Å². The van der Waals surface area contributed by atoms with Gasteiger partial charge in [-0.25, -0.2) is 5.43 Å². The first-order valence-corrected chi connectivity index (χ1v) is 11.6. The second-order valence-corrected chi connectivity index (χ2v) is 9.25. The number of carbonyl (C=O) groups excluding carboxylic acids is 1. The van der Waals surface area contributed by atoms with Crippen molar-refractivity contribution >= 4 is 5.91 Å². The maximum Gasteiger partial charge on any atom is 0.244 e. The van der Waals surface area contributed by atoms with E-state index in [4.69, 9.17) is 9.47 Å². The van der Waals surface area contributed by atoms with Crippen LogP contribution in [0.15, 0.2) is 60.7 Å². The van der Waals surface area contributed by atoms with Crippen LogP contribution < -0.4 is 14.9 Å². The van der Waals surface area contributed by atoms with Crippen molar-refractivity contribution in [3.8, 4) is 11.5 Å². The van der Waals surface area contributed by atoms with Crippen molar-refractivity contribution in [3.05, 3.63) is 71.8 Å². The Balaban J connectivity index is 1.52. The molecule has 170 valence electrons. The highest BCUT2D eigenvalue weighted by atomic mass is 16.5. The van der Waals surface area contributed by atoms with Gasteiger partial charge in [0, 0.05) is 6.42 Å². The van der Waals surface area contributed by atoms with Crippen molar-refractivity contribution in [2.24, 2.45) is 5.41 Å². The van der Waals surface area contributed by atoms with Gasteiger partial charge in [0.05, 0.1) is 31.2 Å². The van der Waals surface area contributed by atoms with E-state index in [1.165, 1.54) is 5.56 Å². The quantitative estimate of drug-likeness (QED) is 0.606. The Morgan fingerprint density at radius 3 is 2.69 bits per heavy atom. The Kier molecular flexibility index (Phi) is 6.85. The second-order valence-electron chi connectivity index (χ2n) is 9.25. The molecular weight excluding hydrogens is 400 g/mol. The largest absolute Gasteiger partial charge is 0.493 e. The molecule has 0 aromatic heterocycles. The zero-order chi connectivity index (χ0) is 22.6. The van der Waals surface area contributed by atoms with Gasteiger partial charge in [0.15, 0.2) is 11.5 Å². The minimum atomic E-state index is -0.550. The number of amides is 1. The monoisotopic (exact) mass is 434 g/mol. The summed E-state index contributed by atoms with van der Waals surface area (Å²) in [6.07, 6.45) is 9.38. The highest BCUT2D eigenvalue weighted by molar-refractivity contribution is 5.85. The molecule has 0 bridgehead atoms. The van der Waals surface area contributed by atoms with Gasteiger partial charge in [-0.05, 0) is 62.8 Å². The van der Waals surface area contributed by atoms with Crippen molar-refractivity contribution in [1.82, 2.24) is 10.4 Å². The van der Waals surface area contributed by atoms with E-state index in [0.29, 0.717) is 18.1 Å². The Morgan fingerprint density at radius 1 is 1.09 bits per heavy atom. The number of nitrogens with zero attached hydrogens (tertiary/aromatic N) is 1. The van der Waals surface area contributed by atoms with E-state index in [9.17, 15) is 4.79 Å². The molecule has 4 rings (SSSR count). The second kappa shape index (κ2) is 9.78. The van der Waals surface area contributed by atoms with Crippen molar-refractivity contribution in [2.45, 2.75) is 58.0 Å². The molecule has 0 spiro atoms. The zero-order valence-electron chi connectivity index (χ0n) is 19.3.